The van der Waals surface area contributed by atoms with E-state index in [2.05, 4.69) is 4.98 Å². The third-order valence-corrected chi connectivity index (χ3v) is 2.72. The van der Waals surface area contributed by atoms with Gasteiger partial charge in [0.2, 0.25) is 0 Å². The number of rotatable bonds is 1. The first-order chi connectivity index (χ1) is 7.18. The molecule has 1 aliphatic rings. The monoisotopic (exact) mass is 277 g/mol. The van der Waals surface area contributed by atoms with Crippen molar-refractivity contribution in [3.63, 3.8) is 0 Å². The highest BCUT2D eigenvalue weighted by molar-refractivity contribution is 5.93. The lowest BCUT2D eigenvalue weighted by Gasteiger charge is -2.15. The molecule has 1 aliphatic heterocycles. The van der Waals surface area contributed by atoms with Gasteiger partial charge in [0.05, 0.1) is 0 Å². The second kappa shape index (κ2) is 6.79. The smallest absolute Gasteiger partial charge is 0.272 e. The summed E-state index contributed by atoms with van der Waals surface area (Å²) in [6.45, 7) is 3.29. The van der Waals surface area contributed by atoms with E-state index in [1.165, 1.54) is 0 Å². The van der Waals surface area contributed by atoms with E-state index in [0.717, 1.165) is 18.5 Å². The molecule has 6 heteroatoms. The standard InChI is InChI=1S/C11H15N3O.2ClH/c1-8-3-2-5-13-10(8)11(15)14-6-4-9(12)7-14;;/h2-3,5,9H,4,6-7,12H2,1H3;2*1H. The number of aromatic nitrogens is 1. The van der Waals surface area contributed by atoms with Gasteiger partial charge >= 0.3 is 0 Å². The molecule has 0 aliphatic carbocycles. The van der Waals surface area contributed by atoms with Crippen molar-refractivity contribution in [2.45, 2.75) is 19.4 Å². The Kier molecular flexibility index (Phi) is 6.45. The maximum Gasteiger partial charge on any atom is 0.272 e. The van der Waals surface area contributed by atoms with E-state index >= 15 is 0 Å². The molecule has 96 valence electrons. The van der Waals surface area contributed by atoms with Gasteiger partial charge in [0, 0.05) is 25.3 Å². The fourth-order valence-corrected chi connectivity index (χ4v) is 1.83. The molecule has 0 bridgehead atoms. The lowest BCUT2D eigenvalue weighted by atomic mass is 10.2. The molecule has 0 spiro atoms. The number of amides is 1. The van der Waals surface area contributed by atoms with E-state index in [1.54, 1.807) is 11.1 Å². The maximum absolute atomic E-state index is 12.0. The summed E-state index contributed by atoms with van der Waals surface area (Å²) in [6.07, 6.45) is 2.54. The average Bonchev–Trinajstić information content (AvgIpc) is 2.65. The van der Waals surface area contributed by atoms with Crippen molar-refractivity contribution >= 4 is 30.7 Å². The predicted octanol–water partition coefficient (Wildman–Crippen LogP) is 1.41. The lowest BCUT2D eigenvalue weighted by Crippen LogP contribution is -2.32. The van der Waals surface area contributed by atoms with Gasteiger partial charge in [-0.15, -0.1) is 24.8 Å². The van der Waals surface area contributed by atoms with Crippen molar-refractivity contribution in [3.8, 4) is 0 Å². The summed E-state index contributed by atoms with van der Waals surface area (Å²) in [4.78, 5) is 17.9. The van der Waals surface area contributed by atoms with E-state index in [9.17, 15) is 4.79 Å². The molecule has 17 heavy (non-hydrogen) atoms. The van der Waals surface area contributed by atoms with Crippen molar-refractivity contribution in [1.29, 1.82) is 0 Å². The fraction of sp³-hybridized carbons (Fsp3) is 0.455. The molecule has 2 heterocycles. The van der Waals surface area contributed by atoms with Gasteiger partial charge in [0.15, 0.2) is 0 Å². The van der Waals surface area contributed by atoms with Crippen molar-refractivity contribution in [1.82, 2.24) is 9.88 Å². The second-order valence-corrected chi connectivity index (χ2v) is 3.97. The number of nitrogens with zero attached hydrogens (tertiary/aromatic N) is 2. The van der Waals surface area contributed by atoms with E-state index in [1.807, 2.05) is 19.1 Å². The molecule has 1 aromatic rings. The number of hydrogen-bond acceptors (Lipinski definition) is 3. The van der Waals surface area contributed by atoms with Crippen LogP contribution in [0.3, 0.4) is 0 Å². The van der Waals surface area contributed by atoms with Crippen LogP contribution in [0.4, 0.5) is 0 Å². The van der Waals surface area contributed by atoms with Gasteiger partial charge in [-0.2, -0.15) is 0 Å². The summed E-state index contributed by atoms with van der Waals surface area (Å²) >= 11 is 0. The minimum absolute atomic E-state index is 0. The largest absolute Gasteiger partial charge is 0.336 e. The highest BCUT2D eigenvalue weighted by atomic mass is 35.5. The first kappa shape index (κ1) is 16.2. The molecular weight excluding hydrogens is 261 g/mol. The Morgan fingerprint density at radius 3 is 2.76 bits per heavy atom. The summed E-state index contributed by atoms with van der Waals surface area (Å²) < 4.78 is 0. The van der Waals surface area contributed by atoms with Crippen LogP contribution in [-0.4, -0.2) is 34.9 Å². The zero-order valence-electron chi connectivity index (χ0n) is 9.63. The molecule has 0 radical (unpaired) electrons. The molecule has 4 nitrogen and oxygen atoms in total. The normalized spacial score (nSPS) is 18.2. The summed E-state index contributed by atoms with van der Waals surface area (Å²) in [5.74, 6) is 0.000972. The Morgan fingerprint density at radius 2 is 2.24 bits per heavy atom. The molecule has 1 unspecified atom stereocenters. The quantitative estimate of drug-likeness (QED) is 0.845. The van der Waals surface area contributed by atoms with Crippen LogP contribution in [0.1, 0.15) is 22.5 Å². The van der Waals surface area contributed by atoms with E-state index in [-0.39, 0.29) is 36.8 Å². The molecular formula is C11H17Cl2N3O. The average molecular weight is 278 g/mol. The van der Waals surface area contributed by atoms with Gasteiger partial charge < -0.3 is 10.6 Å². The third-order valence-electron chi connectivity index (χ3n) is 2.72. The predicted molar refractivity (Wildman–Crippen MR) is 72.0 cm³/mol. The minimum Gasteiger partial charge on any atom is -0.336 e. The number of halogens is 2. The van der Waals surface area contributed by atoms with Crippen LogP contribution >= 0.6 is 24.8 Å². The number of nitrogens with two attached hydrogens (primary N) is 1. The van der Waals surface area contributed by atoms with Gasteiger partial charge in [-0.1, -0.05) is 6.07 Å². The molecule has 1 aromatic heterocycles. The molecule has 0 saturated carbocycles. The Labute approximate surface area is 113 Å². The molecule has 0 aromatic carbocycles. The summed E-state index contributed by atoms with van der Waals surface area (Å²) in [5.41, 5.74) is 7.23. The number of hydrogen-bond donors (Lipinski definition) is 1. The molecule has 2 rings (SSSR count). The molecule has 1 atom stereocenters. The van der Waals surface area contributed by atoms with Crippen molar-refractivity contribution in [2.75, 3.05) is 13.1 Å². The third kappa shape index (κ3) is 3.56. The SMILES string of the molecule is Cc1cccnc1C(=O)N1CCC(N)C1.Cl.Cl. The zero-order chi connectivity index (χ0) is 10.8. The number of pyridine rings is 1. The molecule has 2 N–H and O–H groups in total. The highest BCUT2D eigenvalue weighted by Crippen LogP contribution is 2.13. The van der Waals surface area contributed by atoms with Crippen molar-refractivity contribution in [3.05, 3.63) is 29.6 Å². The van der Waals surface area contributed by atoms with Crippen molar-refractivity contribution in [2.24, 2.45) is 5.73 Å². The molecule has 1 fully saturated rings. The zero-order valence-corrected chi connectivity index (χ0v) is 11.3. The van der Waals surface area contributed by atoms with Crippen LogP contribution < -0.4 is 5.73 Å². The van der Waals surface area contributed by atoms with Gasteiger partial charge in [-0.3, -0.25) is 9.78 Å². The number of aryl methyl sites for hydroxylation is 1. The maximum atomic E-state index is 12.0. The number of likely N-dealkylation sites (tertiary alicyclic amines) is 1. The first-order valence-corrected chi connectivity index (χ1v) is 5.15. The van der Waals surface area contributed by atoms with Gasteiger partial charge in [0.25, 0.3) is 5.91 Å². The van der Waals surface area contributed by atoms with E-state index in [4.69, 9.17) is 5.73 Å². The molecule has 1 saturated heterocycles. The van der Waals surface area contributed by atoms with Crippen LogP contribution in [0, 0.1) is 6.92 Å². The second-order valence-electron chi connectivity index (χ2n) is 3.97. The summed E-state index contributed by atoms with van der Waals surface area (Å²) in [6, 6.07) is 3.86. The lowest BCUT2D eigenvalue weighted by molar-refractivity contribution is 0.0784. The summed E-state index contributed by atoms with van der Waals surface area (Å²) in [5, 5.41) is 0. The molecule has 1 amide bonds. The van der Waals surface area contributed by atoms with Crippen LogP contribution in [0.25, 0.3) is 0 Å². The topological polar surface area (TPSA) is 59.2 Å². The van der Waals surface area contributed by atoms with E-state index in [0.29, 0.717) is 12.2 Å². The van der Waals surface area contributed by atoms with E-state index < -0.39 is 0 Å². The van der Waals surface area contributed by atoms with Crippen molar-refractivity contribution < 1.29 is 4.79 Å². The highest BCUT2D eigenvalue weighted by Gasteiger charge is 2.25. The van der Waals surface area contributed by atoms with Crippen LogP contribution in [0.15, 0.2) is 18.3 Å². The Balaban J connectivity index is 0.00000128. The first-order valence-electron chi connectivity index (χ1n) is 5.15. The van der Waals surface area contributed by atoms with Gasteiger partial charge in [-0.25, -0.2) is 0 Å². The van der Waals surface area contributed by atoms with Crippen LogP contribution in [-0.2, 0) is 0 Å². The Hall–Kier alpha value is -0.840. The number of carbonyl (C=O) groups excluding carboxylic acids is 1. The van der Waals surface area contributed by atoms with Gasteiger partial charge in [0.1, 0.15) is 5.69 Å². The van der Waals surface area contributed by atoms with Gasteiger partial charge in [-0.05, 0) is 25.0 Å². The van der Waals surface area contributed by atoms with Crippen LogP contribution in [0.2, 0.25) is 0 Å². The minimum atomic E-state index is 0. The summed E-state index contributed by atoms with van der Waals surface area (Å²) in [7, 11) is 0. The van der Waals surface area contributed by atoms with Crippen LogP contribution in [0.5, 0.6) is 0 Å². The number of carbonyl (C=O) groups is 1. The fourth-order valence-electron chi connectivity index (χ4n) is 1.83. The Bertz CT molecular complexity index is 387. The Morgan fingerprint density at radius 1 is 1.53 bits per heavy atom.